The molecule has 1 N–H and O–H groups in total. The Morgan fingerprint density at radius 3 is 2.46 bits per heavy atom. The summed E-state index contributed by atoms with van der Waals surface area (Å²) in [4.78, 5) is 31.4. The highest BCUT2D eigenvalue weighted by atomic mass is 16.5. The third-order valence-corrected chi connectivity index (χ3v) is 5.98. The molecule has 35 heavy (non-hydrogen) atoms. The van der Waals surface area contributed by atoms with Crippen LogP contribution >= 0.6 is 0 Å². The largest absolute Gasteiger partial charge is 0.497 e. The fraction of sp³-hybridized carbons (Fsp3) is 0.185. The number of aromatic nitrogens is 2. The number of amides is 2. The number of ether oxygens (including phenoxy) is 1. The summed E-state index contributed by atoms with van der Waals surface area (Å²) in [6.07, 6.45) is 0.215. The van der Waals surface area contributed by atoms with Gasteiger partial charge in [-0.1, -0.05) is 35.5 Å². The van der Waals surface area contributed by atoms with Crippen molar-refractivity contribution >= 4 is 17.5 Å². The fourth-order valence-electron chi connectivity index (χ4n) is 4.04. The van der Waals surface area contributed by atoms with Gasteiger partial charge in [-0.3, -0.25) is 9.59 Å². The Kier molecular flexibility index (Phi) is 6.26. The second-order valence-electron chi connectivity index (χ2n) is 8.38. The van der Waals surface area contributed by atoms with Crippen molar-refractivity contribution in [1.82, 2.24) is 15.0 Å². The van der Waals surface area contributed by atoms with Gasteiger partial charge in [-0.2, -0.15) is 4.98 Å². The molecule has 8 heteroatoms. The van der Waals surface area contributed by atoms with E-state index < -0.39 is 0 Å². The Morgan fingerprint density at radius 1 is 1.03 bits per heavy atom. The average Bonchev–Trinajstić information content (AvgIpc) is 3.53. The topological polar surface area (TPSA) is 97.6 Å². The monoisotopic (exact) mass is 468 g/mol. The minimum absolute atomic E-state index is 0.00610. The quantitative estimate of drug-likeness (QED) is 0.432. The highest BCUT2D eigenvalue weighted by Gasteiger charge is 2.34. The van der Waals surface area contributed by atoms with Gasteiger partial charge in [0.1, 0.15) is 5.75 Å². The first kappa shape index (κ1) is 22.3. The lowest BCUT2D eigenvalue weighted by Gasteiger charge is -2.16. The van der Waals surface area contributed by atoms with E-state index in [0.29, 0.717) is 30.5 Å². The number of nitrogens with one attached hydrogen (secondary N) is 1. The van der Waals surface area contributed by atoms with Crippen molar-refractivity contribution < 1.29 is 18.8 Å². The van der Waals surface area contributed by atoms with E-state index >= 15 is 0 Å². The molecule has 8 nitrogen and oxygen atoms in total. The smallest absolute Gasteiger partial charge is 0.258 e. The van der Waals surface area contributed by atoms with Gasteiger partial charge in [0, 0.05) is 36.3 Å². The molecule has 0 bridgehead atoms. The summed E-state index contributed by atoms with van der Waals surface area (Å²) in [6.45, 7) is 0.925. The molecule has 0 radical (unpaired) electrons. The fourth-order valence-corrected chi connectivity index (χ4v) is 4.04. The van der Waals surface area contributed by atoms with Crippen LogP contribution in [0, 0.1) is 5.92 Å². The number of carbonyl (C=O) groups excluding carboxylic acids is 2. The Labute approximate surface area is 202 Å². The highest BCUT2D eigenvalue weighted by Crippen LogP contribution is 2.26. The first-order valence-electron chi connectivity index (χ1n) is 11.3. The number of carbonyl (C=O) groups is 2. The van der Waals surface area contributed by atoms with Crippen molar-refractivity contribution in [3.05, 3.63) is 84.4 Å². The van der Waals surface area contributed by atoms with Crippen LogP contribution in [-0.2, 0) is 16.1 Å². The molecule has 1 fully saturated rings. The maximum Gasteiger partial charge on any atom is 0.258 e. The van der Waals surface area contributed by atoms with Crippen LogP contribution in [-0.4, -0.2) is 40.5 Å². The molecule has 1 aliphatic rings. The molecule has 0 spiro atoms. The molecule has 0 unspecified atom stereocenters. The molecule has 0 saturated carbocycles. The van der Waals surface area contributed by atoms with Gasteiger partial charge in [-0.05, 0) is 54.1 Å². The highest BCUT2D eigenvalue weighted by molar-refractivity contribution is 5.97. The summed E-state index contributed by atoms with van der Waals surface area (Å²) >= 11 is 0. The third kappa shape index (κ3) is 5.06. The summed E-state index contributed by atoms with van der Waals surface area (Å²) in [7, 11) is 1.61. The van der Waals surface area contributed by atoms with Crippen molar-refractivity contribution in [1.29, 1.82) is 0 Å². The predicted molar refractivity (Wildman–Crippen MR) is 130 cm³/mol. The van der Waals surface area contributed by atoms with E-state index in [1.807, 2.05) is 66.7 Å². The van der Waals surface area contributed by atoms with Crippen LogP contribution in [0.3, 0.4) is 0 Å². The molecule has 5 rings (SSSR count). The van der Waals surface area contributed by atoms with Gasteiger partial charge in [-0.25, -0.2) is 0 Å². The average molecular weight is 469 g/mol. The number of hydrogen-bond donors (Lipinski definition) is 1. The van der Waals surface area contributed by atoms with E-state index in [9.17, 15) is 9.59 Å². The van der Waals surface area contributed by atoms with Crippen molar-refractivity contribution in [3.63, 3.8) is 0 Å². The van der Waals surface area contributed by atoms with E-state index in [1.54, 1.807) is 24.1 Å². The SMILES string of the molecule is COc1ccc(-c2noc(-c3ccc(NC(=O)[C@@H]4CC(=O)N(Cc5ccccc5)C4)cc3)n2)cc1. The lowest BCUT2D eigenvalue weighted by atomic mass is 10.1. The van der Waals surface area contributed by atoms with Gasteiger partial charge in [0.05, 0.1) is 13.0 Å². The number of anilines is 1. The molecule has 3 aromatic carbocycles. The molecule has 1 aromatic heterocycles. The molecule has 1 aliphatic heterocycles. The maximum absolute atomic E-state index is 12.8. The Balaban J connectivity index is 1.20. The zero-order valence-corrected chi connectivity index (χ0v) is 19.2. The van der Waals surface area contributed by atoms with Crippen LogP contribution in [0.5, 0.6) is 5.75 Å². The summed E-state index contributed by atoms with van der Waals surface area (Å²) < 4.78 is 10.6. The van der Waals surface area contributed by atoms with Gasteiger partial charge in [-0.15, -0.1) is 0 Å². The van der Waals surface area contributed by atoms with Crippen LogP contribution < -0.4 is 10.1 Å². The first-order chi connectivity index (χ1) is 17.1. The molecule has 0 aliphatic carbocycles. The van der Waals surface area contributed by atoms with Gasteiger partial charge < -0.3 is 19.5 Å². The molecule has 2 heterocycles. The normalized spacial score (nSPS) is 15.3. The number of nitrogens with zero attached hydrogens (tertiary/aromatic N) is 3. The van der Waals surface area contributed by atoms with Gasteiger partial charge in [0.15, 0.2) is 0 Å². The van der Waals surface area contributed by atoms with Gasteiger partial charge in [0.2, 0.25) is 17.6 Å². The molecule has 2 amide bonds. The second kappa shape index (κ2) is 9.80. The summed E-state index contributed by atoms with van der Waals surface area (Å²) in [5.41, 5.74) is 3.24. The van der Waals surface area contributed by atoms with Crippen LogP contribution in [0.1, 0.15) is 12.0 Å². The summed E-state index contributed by atoms with van der Waals surface area (Å²) in [5.74, 6) is 1.06. The lowest BCUT2D eigenvalue weighted by Crippen LogP contribution is -2.28. The molecule has 176 valence electrons. The third-order valence-electron chi connectivity index (χ3n) is 5.98. The Hall–Kier alpha value is -4.46. The van der Waals surface area contributed by atoms with Crippen molar-refractivity contribution in [2.75, 3.05) is 19.0 Å². The number of hydrogen-bond acceptors (Lipinski definition) is 6. The zero-order chi connectivity index (χ0) is 24.2. The number of likely N-dealkylation sites (tertiary alicyclic amines) is 1. The van der Waals surface area contributed by atoms with E-state index in [1.165, 1.54) is 0 Å². The van der Waals surface area contributed by atoms with Crippen LogP contribution in [0.25, 0.3) is 22.8 Å². The molecule has 1 saturated heterocycles. The molecular formula is C27H24N4O4. The number of rotatable bonds is 7. The van der Waals surface area contributed by atoms with Crippen LogP contribution in [0.2, 0.25) is 0 Å². The predicted octanol–water partition coefficient (Wildman–Crippen LogP) is 4.40. The van der Waals surface area contributed by atoms with Crippen molar-refractivity contribution in [2.45, 2.75) is 13.0 Å². The van der Waals surface area contributed by atoms with E-state index in [-0.39, 0.29) is 24.2 Å². The standard InChI is InChI=1S/C27H24N4O4/c1-34-23-13-9-19(10-14-23)25-29-27(35-30-25)20-7-11-22(12-8-20)28-26(33)21-15-24(32)31(17-21)16-18-5-3-2-4-6-18/h2-14,21H,15-17H2,1H3,(H,28,33)/t21-/m1/s1. The first-order valence-corrected chi connectivity index (χ1v) is 11.3. The minimum atomic E-state index is -0.381. The molecule has 4 aromatic rings. The molecular weight excluding hydrogens is 444 g/mol. The zero-order valence-electron chi connectivity index (χ0n) is 19.2. The second-order valence-corrected chi connectivity index (χ2v) is 8.38. The lowest BCUT2D eigenvalue weighted by molar-refractivity contribution is -0.128. The summed E-state index contributed by atoms with van der Waals surface area (Å²) in [5, 5.41) is 6.97. The Morgan fingerprint density at radius 2 is 1.74 bits per heavy atom. The number of benzene rings is 3. The minimum Gasteiger partial charge on any atom is -0.497 e. The van der Waals surface area contributed by atoms with E-state index in [0.717, 1.165) is 22.4 Å². The summed E-state index contributed by atoms with van der Waals surface area (Å²) in [6, 6.07) is 24.4. The van der Waals surface area contributed by atoms with Crippen molar-refractivity contribution in [3.8, 4) is 28.6 Å². The van der Waals surface area contributed by atoms with E-state index in [4.69, 9.17) is 9.26 Å². The van der Waals surface area contributed by atoms with Crippen molar-refractivity contribution in [2.24, 2.45) is 5.92 Å². The van der Waals surface area contributed by atoms with Crippen LogP contribution in [0.15, 0.2) is 83.4 Å². The maximum atomic E-state index is 12.8. The van der Waals surface area contributed by atoms with Gasteiger partial charge in [0.25, 0.3) is 5.89 Å². The van der Waals surface area contributed by atoms with E-state index in [2.05, 4.69) is 15.5 Å². The molecule has 1 atom stereocenters. The number of methoxy groups -OCH3 is 1. The van der Waals surface area contributed by atoms with Gasteiger partial charge >= 0.3 is 0 Å². The van der Waals surface area contributed by atoms with Crippen LogP contribution in [0.4, 0.5) is 5.69 Å². The Bertz CT molecular complexity index is 1320.